The number of rotatable bonds is 3. The Labute approximate surface area is 104 Å². The van der Waals surface area contributed by atoms with Crippen molar-refractivity contribution in [1.29, 1.82) is 0 Å². The molecule has 1 aromatic carbocycles. The van der Waals surface area contributed by atoms with Gasteiger partial charge in [0, 0.05) is 17.8 Å². The molecule has 0 amide bonds. The maximum Gasteiger partial charge on any atom is 0.125 e. The monoisotopic (exact) mass is 234 g/mol. The first kappa shape index (κ1) is 12.2. The summed E-state index contributed by atoms with van der Waals surface area (Å²) in [6.45, 7) is 5.56. The van der Waals surface area contributed by atoms with Crippen LogP contribution in [0.25, 0.3) is 0 Å². The standard InChI is InChI=1S/C14H22N2O/c1-11-6-8-16(9-7-11)10-12-13(15)4-3-5-14(12)17-2/h3-5,11H,6-10,15H2,1-2H3. The second kappa shape index (κ2) is 5.41. The maximum atomic E-state index is 6.03. The Kier molecular flexibility index (Phi) is 3.89. The second-order valence-electron chi connectivity index (χ2n) is 4.99. The Bertz CT molecular complexity index is 370. The van der Waals surface area contributed by atoms with Crippen molar-refractivity contribution in [3.05, 3.63) is 23.8 Å². The van der Waals surface area contributed by atoms with Gasteiger partial charge in [-0.2, -0.15) is 0 Å². The maximum absolute atomic E-state index is 6.03. The van der Waals surface area contributed by atoms with E-state index < -0.39 is 0 Å². The quantitative estimate of drug-likeness (QED) is 0.817. The first-order valence-electron chi connectivity index (χ1n) is 6.34. The number of hydrogen-bond donors (Lipinski definition) is 1. The highest BCUT2D eigenvalue weighted by molar-refractivity contribution is 5.54. The first-order chi connectivity index (χ1) is 8.20. The second-order valence-corrected chi connectivity index (χ2v) is 4.99. The van der Waals surface area contributed by atoms with Crippen LogP contribution in [-0.2, 0) is 6.54 Å². The summed E-state index contributed by atoms with van der Waals surface area (Å²) in [4.78, 5) is 2.47. The number of nitrogens with two attached hydrogens (primary N) is 1. The normalized spacial score (nSPS) is 18.2. The lowest BCUT2D eigenvalue weighted by molar-refractivity contribution is 0.184. The SMILES string of the molecule is COc1cccc(N)c1CN1CCC(C)CC1. The highest BCUT2D eigenvalue weighted by Gasteiger charge is 2.18. The molecule has 0 aromatic heterocycles. The largest absolute Gasteiger partial charge is 0.496 e. The van der Waals surface area contributed by atoms with E-state index in [2.05, 4.69) is 11.8 Å². The molecule has 1 aliphatic heterocycles. The Morgan fingerprint density at radius 3 is 2.71 bits per heavy atom. The van der Waals surface area contributed by atoms with Crippen LogP contribution in [0.5, 0.6) is 5.75 Å². The van der Waals surface area contributed by atoms with E-state index in [1.165, 1.54) is 25.9 Å². The van der Waals surface area contributed by atoms with Crippen LogP contribution < -0.4 is 10.5 Å². The van der Waals surface area contributed by atoms with Gasteiger partial charge >= 0.3 is 0 Å². The van der Waals surface area contributed by atoms with Crippen molar-refractivity contribution in [3.8, 4) is 5.75 Å². The van der Waals surface area contributed by atoms with Crippen molar-refractivity contribution in [1.82, 2.24) is 4.90 Å². The summed E-state index contributed by atoms with van der Waals surface area (Å²) in [6, 6.07) is 5.87. The van der Waals surface area contributed by atoms with Crippen molar-refractivity contribution in [3.63, 3.8) is 0 Å². The summed E-state index contributed by atoms with van der Waals surface area (Å²) in [5, 5.41) is 0. The van der Waals surface area contributed by atoms with E-state index in [1.54, 1.807) is 7.11 Å². The van der Waals surface area contributed by atoms with E-state index in [9.17, 15) is 0 Å². The molecule has 3 nitrogen and oxygen atoms in total. The lowest BCUT2D eigenvalue weighted by atomic mass is 9.98. The van der Waals surface area contributed by atoms with Crippen LogP contribution >= 0.6 is 0 Å². The minimum atomic E-state index is 0.836. The molecule has 0 bridgehead atoms. The van der Waals surface area contributed by atoms with Gasteiger partial charge in [0.15, 0.2) is 0 Å². The molecule has 17 heavy (non-hydrogen) atoms. The van der Waals surface area contributed by atoms with Gasteiger partial charge in [0.25, 0.3) is 0 Å². The lowest BCUT2D eigenvalue weighted by Crippen LogP contribution is -2.32. The molecule has 1 aromatic rings. The Morgan fingerprint density at radius 1 is 1.35 bits per heavy atom. The number of piperidine rings is 1. The van der Waals surface area contributed by atoms with Crippen LogP contribution in [0.3, 0.4) is 0 Å². The number of ether oxygens (including phenoxy) is 1. The van der Waals surface area contributed by atoms with Crippen LogP contribution in [0.4, 0.5) is 5.69 Å². The molecule has 94 valence electrons. The molecule has 3 heteroatoms. The summed E-state index contributed by atoms with van der Waals surface area (Å²) in [6.07, 6.45) is 2.57. The summed E-state index contributed by atoms with van der Waals surface area (Å²) in [7, 11) is 1.70. The van der Waals surface area contributed by atoms with E-state index in [0.717, 1.165) is 29.5 Å². The zero-order valence-corrected chi connectivity index (χ0v) is 10.8. The summed E-state index contributed by atoms with van der Waals surface area (Å²) in [5.74, 6) is 1.77. The Hall–Kier alpha value is -1.22. The molecule has 0 spiro atoms. The van der Waals surface area contributed by atoms with E-state index in [1.807, 2.05) is 18.2 Å². The van der Waals surface area contributed by atoms with Crippen molar-refractivity contribution in [2.24, 2.45) is 5.92 Å². The minimum Gasteiger partial charge on any atom is -0.496 e. The fourth-order valence-electron chi connectivity index (χ4n) is 2.39. The average Bonchev–Trinajstić information content (AvgIpc) is 2.34. The van der Waals surface area contributed by atoms with Crippen LogP contribution in [0.15, 0.2) is 18.2 Å². The van der Waals surface area contributed by atoms with Gasteiger partial charge in [-0.3, -0.25) is 4.90 Å². The number of benzene rings is 1. The van der Waals surface area contributed by atoms with E-state index in [4.69, 9.17) is 10.5 Å². The van der Waals surface area contributed by atoms with Crippen molar-refractivity contribution in [2.75, 3.05) is 25.9 Å². The van der Waals surface area contributed by atoms with Crippen LogP contribution in [0.2, 0.25) is 0 Å². The molecule has 2 N–H and O–H groups in total. The highest BCUT2D eigenvalue weighted by atomic mass is 16.5. The highest BCUT2D eigenvalue weighted by Crippen LogP contribution is 2.27. The fourth-order valence-corrected chi connectivity index (χ4v) is 2.39. The third-order valence-electron chi connectivity index (χ3n) is 3.65. The smallest absolute Gasteiger partial charge is 0.125 e. The van der Waals surface area contributed by atoms with Crippen LogP contribution in [-0.4, -0.2) is 25.1 Å². The molecule has 1 saturated heterocycles. The first-order valence-corrected chi connectivity index (χ1v) is 6.34. The summed E-state index contributed by atoms with van der Waals surface area (Å²) >= 11 is 0. The summed E-state index contributed by atoms with van der Waals surface area (Å²) < 4.78 is 5.38. The molecule has 1 aliphatic rings. The number of nitrogen functional groups attached to an aromatic ring is 1. The molecule has 0 aliphatic carbocycles. The molecule has 0 atom stereocenters. The molecule has 0 saturated carbocycles. The van der Waals surface area contributed by atoms with Crippen molar-refractivity contribution in [2.45, 2.75) is 26.3 Å². The number of nitrogens with zero attached hydrogens (tertiary/aromatic N) is 1. The van der Waals surface area contributed by atoms with Gasteiger partial charge in [-0.15, -0.1) is 0 Å². The van der Waals surface area contributed by atoms with Gasteiger partial charge < -0.3 is 10.5 Å². The number of anilines is 1. The topological polar surface area (TPSA) is 38.5 Å². The van der Waals surface area contributed by atoms with Gasteiger partial charge in [0.2, 0.25) is 0 Å². The molecule has 1 fully saturated rings. The third kappa shape index (κ3) is 2.91. The molecule has 2 rings (SSSR count). The van der Waals surface area contributed by atoms with Crippen molar-refractivity contribution >= 4 is 5.69 Å². The van der Waals surface area contributed by atoms with E-state index in [0.29, 0.717) is 0 Å². The van der Waals surface area contributed by atoms with Crippen molar-refractivity contribution < 1.29 is 4.74 Å². The lowest BCUT2D eigenvalue weighted by Gasteiger charge is -2.30. The summed E-state index contributed by atoms with van der Waals surface area (Å²) in [5.41, 5.74) is 8.00. The predicted octanol–water partition coefficient (Wildman–Crippen LogP) is 2.51. The zero-order valence-electron chi connectivity index (χ0n) is 10.8. The zero-order chi connectivity index (χ0) is 12.3. The van der Waals surface area contributed by atoms with Gasteiger partial charge in [-0.25, -0.2) is 0 Å². The number of methoxy groups -OCH3 is 1. The molecular formula is C14H22N2O. The van der Waals surface area contributed by atoms with Gasteiger partial charge in [-0.05, 0) is 44.0 Å². The Balaban J connectivity index is 2.07. The van der Waals surface area contributed by atoms with E-state index >= 15 is 0 Å². The fraction of sp³-hybridized carbons (Fsp3) is 0.571. The van der Waals surface area contributed by atoms with Gasteiger partial charge in [0.1, 0.15) is 5.75 Å². The van der Waals surface area contributed by atoms with E-state index in [-0.39, 0.29) is 0 Å². The minimum absolute atomic E-state index is 0.836. The van der Waals surface area contributed by atoms with Gasteiger partial charge in [0.05, 0.1) is 7.11 Å². The van der Waals surface area contributed by atoms with Crippen LogP contribution in [0.1, 0.15) is 25.3 Å². The molecule has 1 heterocycles. The Morgan fingerprint density at radius 2 is 2.06 bits per heavy atom. The predicted molar refractivity (Wildman–Crippen MR) is 71.1 cm³/mol. The molecular weight excluding hydrogens is 212 g/mol. The van der Waals surface area contributed by atoms with Gasteiger partial charge in [-0.1, -0.05) is 13.0 Å². The number of hydrogen-bond acceptors (Lipinski definition) is 3. The molecule has 0 radical (unpaired) electrons. The number of likely N-dealkylation sites (tertiary alicyclic amines) is 1. The molecule has 0 unspecified atom stereocenters. The van der Waals surface area contributed by atoms with Crippen LogP contribution in [0, 0.1) is 5.92 Å². The third-order valence-corrected chi connectivity index (χ3v) is 3.65. The average molecular weight is 234 g/mol.